The first-order valence-electron chi connectivity index (χ1n) is 10.7. The number of methoxy groups -OCH3 is 1. The van der Waals surface area contributed by atoms with Crippen LogP contribution in [0, 0.1) is 0 Å². The summed E-state index contributed by atoms with van der Waals surface area (Å²) in [7, 11) is 1.67. The number of ketones is 1. The van der Waals surface area contributed by atoms with Crippen molar-refractivity contribution in [3.05, 3.63) is 77.2 Å². The molecule has 0 amide bonds. The maximum absolute atomic E-state index is 10.8. The molecular formula is C25H31N3O2. The number of allylic oxidation sites excluding steroid dienone is 3. The Balaban J connectivity index is 1.44. The summed E-state index contributed by atoms with van der Waals surface area (Å²) in [5.41, 5.74) is 4.98. The number of H-pyrrole nitrogens is 2. The van der Waals surface area contributed by atoms with E-state index in [0.29, 0.717) is 0 Å². The highest BCUT2D eigenvalue weighted by Crippen LogP contribution is 2.24. The molecule has 0 radical (unpaired) electrons. The van der Waals surface area contributed by atoms with Gasteiger partial charge in [0.05, 0.1) is 18.5 Å². The molecule has 0 saturated carbocycles. The minimum atomic E-state index is 0.131. The van der Waals surface area contributed by atoms with E-state index in [9.17, 15) is 4.79 Å². The van der Waals surface area contributed by atoms with Crippen LogP contribution in [-0.4, -0.2) is 28.6 Å². The number of aliphatic imine (C=N–C) groups is 1. The van der Waals surface area contributed by atoms with Gasteiger partial charge in [-0.2, -0.15) is 0 Å². The maximum atomic E-state index is 10.8. The van der Waals surface area contributed by atoms with Crippen LogP contribution in [0.1, 0.15) is 62.5 Å². The number of hydrogen-bond donors (Lipinski definition) is 2. The fraction of sp³-hybridized carbons (Fsp3) is 0.360. The van der Waals surface area contributed by atoms with Crippen LogP contribution >= 0.6 is 0 Å². The van der Waals surface area contributed by atoms with Crippen molar-refractivity contribution in [3.8, 4) is 0 Å². The Morgan fingerprint density at radius 3 is 2.73 bits per heavy atom. The number of nitrogens with one attached hydrogen (secondary N) is 2. The lowest BCUT2D eigenvalue weighted by molar-refractivity contribution is -0.112. The molecule has 0 aliphatic carbocycles. The monoisotopic (exact) mass is 405 g/mol. The van der Waals surface area contributed by atoms with Crippen molar-refractivity contribution in [3.63, 3.8) is 0 Å². The molecule has 0 saturated heterocycles. The van der Waals surface area contributed by atoms with Crippen molar-refractivity contribution in [1.29, 1.82) is 0 Å². The number of aryl methyl sites for hydroxylation is 1. The topological polar surface area (TPSA) is 70.2 Å². The molecule has 5 heteroatoms. The average Bonchev–Trinajstić information content (AvgIpc) is 3.47. The van der Waals surface area contributed by atoms with Gasteiger partial charge in [0.1, 0.15) is 11.5 Å². The molecule has 0 bridgehead atoms. The van der Waals surface area contributed by atoms with Crippen molar-refractivity contribution in [2.75, 3.05) is 7.11 Å². The van der Waals surface area contributed by atoms with E-state index < -0.39 is 0 Å². The molecule has 1 aliphatic heterocycles. The number of hydrogen-bond acceptors (Lipinski definition) is 3. The number of carbonyl (C=O) groups excluding carboxylic acids is 1. The summed E-state index contributed by atoms with van der Waals surface area (Å²) in [5.74, 6) is 0.903. The van der Waals surface area contributed by atoms with E-state index in [-0.39, 0.29) is 5.78 Å². The molecule has 0 spiro atoms. The molecule has 2 N–H and O–H groups in total. The maximum Gasteiger partial charge on any atom is 0.152 e. The highest BCUT2D eigenvalue weighted by molar-refractivity contribution is 6.11. The Labute approximate surface area is 178 Å². The SMILES string of the molecule is COC1=CC(c2ccc[nH]2)=N/C1=C\c1ccc(CCCCCCC/C=C/C(C)=O)[nH]1. The van der Waals surface area contributed by atoms with Crippen molar-refractivity contribution in [2.45, 2.75) is 51.9 Å². The van der Waals surface area contributed by atoms with Gasteiger partial charge in [-0.3, -0.25) is 4.79 Å². The van der Waals surface area contributed by atoms with Crippen LogP contribution in [0.25, 0.3) is 6.08 Å². The normalized spacial score (nSPS) is 15.1. The quantitative estimate of drug-likeness (QED) is 0.349. The lowest BCUT2D eigenvalue weighted by atomic mass is 10.1. The third kappa shape index (κ3) is 6.48. The van der Waals surface area contributed by atoms with Gasteiger partial charge in [-0.25, -0.2) is 4.99 Å². The van der Waals surface area contributed by atoms with Crippen LogP contribution in [-0.2, 0) is 16.0 Å². The molecule has 3 heterocycles. The third-order valence-corrected chi connectivity index (χ3v) is 5.09. The summed E-state index contributed by atoms with van der Waals surface area (Å²) >= 11 is 0. The smallest absolute Gasteiger partial charge is 0.152 e. The van der Waals surface area contributed by atoms with Crippen LogP contribution in [0.4, 0.5) is 0 Å². The highest BCUT2D eigenvalue weighted by Gasteiger charge is 2.17. The summed E-state index contributed by atoms with van der Waals surface area (Å²) in [4.78, 5) is 22.2. The molecule has 2 aromatic heterocycles. The molecule has 5 nitrogen and oxygen atoms in total. The van der Waals surface area contributed by atoms with Crippen molar-refractivity contribution in [1.82, 2.24) is 9.97 Å². The van der Waals surface area contributed by atoms with Gasteiger partial charge in [0.15, 0.2) is 5.78 Å². The van der Waals surface area contributed by atoms with E-state index in [1.54, 1.807) is 20.1 Å². The lowest BCUT2D eigenvalue weighted by Crippen LogP contribution is -1.93. The lowest BCUT2D eigenvalue weighted by Gasteiger charge is -2.01. The zero-order valence-electron chi connectivity index (χ0n) is 17.9. The van der Waals surface area contributed by atoms with Gasteiger partial charge in [0.25, 0.3) is 0 Å². The summed E-state index contributed by atoms with van der Waals surface area (Å²) < 4.78 is 5.50. The number of nitrogens with zero attached hydrogens (tertiary/aromatic N) is 1. The molecule has 0 aromatic carbocycles. The molecule has 0 fully saturated rings. The molecular weight excluding hydrogens is 374 g/mol. The van der Waals surface area contributed by atoms with Crippen LogP contribution < -0.4 is 0 Å². The number of unbranched alkanes of at least 4 members (excludes halogenated alkanes) is 5. The number of aromatic nitrogens is 2. The number of aromatic amines is 2. The van der Waals surface area contributed by atoms with E-state index in [1.807, 2.05) is 36.6 Å². The van der Waals surface area contributed by atoms with Crippen LogP contribution in [0.5, 0.6) is 0 Å². The second-order valence-electron chi connectivity index (χ2n) is 7.58. The Morgan fingerprint density at radius 2 is 1.97 bits per heavy atom. The van der Waals surface area contributed by atoms with Crippen molar-refractivity contribution >= 4 is 17.6 Å². The molecule has 30 heavy (non-hydrogen) atoms. The summed E-state index contributed by atoms with van der Waals surface area (Å²) in [6.45, 7) is 1.59. The van der Waals surface area contributed by atoms with E-state index in [1.165, 1.54) is 31.4 Å². The van der Waals surface area contributed by atoms with Crippen LogP contribution in [0.3, 0.4) is 0 Å². The number of ether oxygens (including phenoxy) is 1. The zero-order chi connectivity index (χ0) is 21.2. The largest absolute Gasteiger partial charge is 0.494 e. The predicted molar refractivity (Wildman–Crippen MR) is 122 cm³/mol. The molecule has 158 valence electrons. The first-order valence-corrected chi connectivity index (χ1v) is 10.7. The average molecular weight is 406 g/mol. The van der Waals surface area contributed by atoms with Crippen molar-refractivity contribution in [2.24, 2.45) is 4.99 Å². The Hall–Kier alpha value is -3.08. The Morgan fingerprint density at radius 1 is 1.13 bits per heavy atom. The highest BCUT2D eigenvalue weighted by atomic mass is 16.5. The first-order chi connectivity index (χ1) is 14.7. The van der Waals surface area contributed by atoms with Crippen LogP contribution in [0.15, 0.2) is 65.1 Å². The Kier molecular flexibility index (Phi) is 8.07. The second kappa shape index (κ2) is 11.2. The summed E-state index contributed by atoms with van der Waals surface area (Å²) in [6.07, 6.45) is 17.6. The second-order valence-corrected chi connectivity index (χ2v) is 7.58. The molecule has 0 unspecified atom stereocenters. The van der Waals surface area contributed by atoms with Gasteiger partial charge in [-0.05, 0) is 69.0 Å². The number of rotatable bonds is 12. The summed E-state index contributed by atoms with van der Waals surface area (Å²) in [6, 6.07) is 8.21. The standard InChI is InChI=1S/C25H31N3O2/c1-19(29)11-8-6-4-3-5-7-9-12-20-14-15-21(27-20)17-24-25(30-2)18-23(28-24)22-13-10-16-26-22/h8,10-11,13-18,26-27H,3-7,9,12H2,1-2H3/b11-8+,24-17-. The van der Waals surface area contributed by atoms with Crippen LogP contribution in [0.2, 0.25) is 0 Å². The first kappa shape index (κ1) is 21.6. The van der Waals surface area contributed by atoms with E-state index in [0.717, 1.165) is 47.8 Å². The molecule has 2 aromatic rings. The van der Waals surface area contributed by atoms with Gasteiger partial charge in [-0.15, -0.1) is 0 Å². The van der Waals surface area contributed by atoms with E-state index >= 15 is 0 Å². The van der Waals surface area contributed by atoms with E-state index in [4.69, 9.17) is 9.73 Å². The fourth-order valence-corrected chi connectivity index (χ4v) is 3.50. The van der Waals surface area contributed by atoms with Crippen molar-refractivity contribution < 1.29 is 9.53 Å². The summed E-state index contributed by atoms with van der Waals surface area (Å²) in [5, 5.41) is 0. The Bertz CT molecular complexity index is 943. The van der Waals surface area contributed by atoms with Gasteiger partial charge in [-0.1, -0.05) is 25.3 Å². The van der Waals surface area contributed by atoms with Gasteiger partial charge >= 0.3 is 0 Å². The third-order valence-electron chi connectivity index (χ3n) is 5.09. The molecule has 3 rings (SSSR count). The van der Waals surface area contributed by atoms with Gasteiger partial charge < -0.3 is 14.7 Å². The minimum absolute atomic E-state index is 0.131. The minimum Gasteiger partial charge on any atom is -0.494 e. The molecule has 0 atom stereocenters. The predicted octanol–water partition coefficient (Wildman–Crippen LogP) is 5.75. The fourth-order valence-electron chi connectivity index (χ4n) is 3.50. The zero-order valence-corrected chi connectivity index (χ0v) is 17.9. The van der Waals surface area contributed by atoms with E-state index in [2.05, 4.69) is 22.1 Å². The molecule has 1 aliphatic rings. The van der Waals surface area contributed by atoms with Gasteiger partial charge in [0.2, 0.25) is 0 Å². The number of carbonyl (C=O) groups is 1. The van der Waals surface area contributed by atoms with Gasteiger partial charge in [0, 0.05) is 23.7 Å².